The number of hydrogen-bond acceptors (Lipinski definition) is 3. The summed E-state index contributed by atoms with van der Waals surface area (Å²) in [7, 11) is 1.68. The van der Waals surface area contributed by atoms with Gasteiger partial charge in [0.15, 0.2) is 5.82 Å². The first-order valence-corrected chi connectivity index (χ1v) is 8.34. The molecule has 0 spiro atoms. The number of carbonyl (C=O) groups is 1. The molecule has 2 heterocycles. The van der Waals surface area contributed by atoms with Gasteiger partial charge in [0.25, 0.3) is 0 Å². The molecule has 1 amide bonds. The summed E-state index contributed by atoms with van der Waals surface area (Å²) in [6.45, 7) is 3.90. The predicted octanol–water partition coefficient (Wildman–Crippen LogP) is 2.80. The predicted molar refractivity (Wildman–Crippen MR) is 80.9 cm³/mol. The molecule has 1 saturated carbocycles. The van der Waals surface area contributed by atoms with E-state index in [4.69, 9.17) is 0 Å². The highest BCUT2D eigenvalue weighted by atomic mass is 19.4. The Hall–Kier alpha value is -1.60. The summed E-state index contributed by atoms with van der Waals surface area (Å²) in [5.74, 6) is 0.0396. The second kappa shape index (κ2) is 5.74. The zero-order valence-electron chi connectivity index (χ0n) is 14.2. The van der Waals surface area contributed by atoms with E-state index in [1.165, 1.54) is 4.57 Å². The normalized spacial score (nSPS) is 21.5. The lowest BCUT2D eigenvalue weighted by molar-refractivity contribution is -0.182. The van der Waals surface area contributed by atoms with Gasteiger partial charge in [-0.15, -0.1) is 10.2 Å². The largest absolute Gasteiger partial charge is 0.393 e. The molecule has 1 aliphatic carbocycles. The molecule has 1 atom stereocenters. The van der Waals surface area contributed by atoms with Crippen molar-refractivity contribution in [2.45, 2.75) is 58.8 Å². The molecule has 2 aliphatic rings. The van der Waals surface area contributed by atoms with E-state index in [2.05, 4.69) is 10.2 Å². The Morgan fingerprint density at radius 1 is 1.21 bits per heavy atom. The van der Waals surface area contributed by atoms with E-state index >= 15 is 0 Å². The second-order valence-corrected chi connectivity index (χ2v) is 7.58. The van der Waals surface area contributed by atoms with Gasteiger partial charge < -0.3 is 9.47 Å². The number of alkyl halides is 3. The first-order valence-electron chi connectivity index (χ1n) is 8.34. The van der Waals surface area contributed by atoms with E-state index in [1.807, 2.05) is 13.8 Å². The van der Waals surface area contributed by atoms with Crippen LogP contribution in [0.5, 0.6) is 0 Å². The number of fused-ring (bicyclic) bond motifs is 1. The summed E-state index contributed by atoms with van der Waals surface area (Å²) in [6, 6.07) is 0. The van der Waals surface area contributed by atoms with Gasteiger partial charge in [-0.3, -0.25) is 4.79 Å². The summed E-state index contributed by atoms with van der Waals surface area (Å²) in [5, 5.41) is 8.03. The van der Waals surface area contributed by atoms with Crippen LogP contribution in [-0.2, 0) is 24.3 Å². The highest BCUT2D eigenvalue weighted by Crippen LogP contribution is 2.46. The Kier molecular flexibility index (Phi) is 4.12. The van der Waals surface area contributed by atoms with Crippen molar-refractivity contribution in [3.05, 3.63) is 11.6 Å². The molecule has 24 heavy (non-hydrogen) atoms. The zero-order valence-corrected chi connectivity index (χ0v) is 14.2. The number of halogens is 3. The second-order valence-electron chi connectivity index (χ2n) is 7.58. The lowest BCUT2D eigenvalue weighted by Crippen LogP contribution is -2.40. The molecule has 1 unspecified atom stereocenters. The summed E-state index contributed by atoms with van der Waals surface area (Å²) in [6.07, 6.45) is -1.79. The van der Waals surface area contributed by atoms with Gasteiger partial charge in [0, 0.05) is 25.4 Å². The van der Waals surface area contributed by atoms with Gasteiger partial charge in [-0.2, -0.15) is 13.2 Å². The smallest absolute Gasteiger partial charge is 0.338 e. The minimum Gasteiger partial charge on any atom is -0.338 e. The van der Waals surface area contributed by atoms with Crippen LogP contribution in [0.2, 0.25) is 0 Å². The number of rotatable bonds is 4. The van der Waals surface area contributed by atoms with E-state index < -0.39 is 17.5 Å². The van der Waals surface area contributed by atoms with Gasteiger partial charge >= 0.3 is 6.18 Å². The fourth-order valence-electron chi connectivity index (χ4n) is 3.52. The third-order valence-corrected chi connectivity index (χ3v) is 5.36. The molecule has 0 saturated heterocycles. The number of nitrogens with zero attached hydrogens (tertiary/aromatic N) is 4. The monoisotopic (exact) mass is 344 g/mol. The van der Waals surface area contributed by atoms with Gasteiger partial charge in [-0.25, -0.2) is 0 Å². The van der Waals surface area contributed by atoms with Crippen molar-refractivity contribution in [2.24, 2.45) is 17.3 Å². The standard InChI is InChI=1S/C16H23F3N4O/c1-15(2,10-4-5-10)14(24)22(3)9-13-21-20-12-7-6-11(8-23(12)13)16(17,18)19/h10-11H,4-9H2,1-3H3. The Bertz CT molecular complexity index is 634. The summed E-state index contributed by atoms with van der Waals surface area (Å²) in [4.78, 5) is 14.2. The number of hydrogen-bond donors (Lipinski definition) is 0. The molecular weight excluding hydrogens is 321 g/mol. The van der Waals surface area contributed by atoms with E-state index in [9.17, 15) is 18.0 Å². The maximum absolute atomic E-state index is 13.0. The third kappa shape index (κ3) is 3.15. The van der Waals surface area contributed by atoms with E-state index in [0.29, 0.717) is 17.6 Å². The van der Waals surface area contributed by atoms with Crippen molar-refractivity contribution in [3.63, 3.8) is 0 Å². The fraction of sp³-hybridized carbons (Fsp3) is 0.812. The molecule has 134 valence electrons. The van der Waals surface area contributed by atoms with Crippen molar-refractivity contribution in [1.82, 2.24) is 19.7 Å². The Balaban J connectivity index is 1.73. The first-order chi connectivity index (χ1) is 11.1. The van der Waals surface area contributed by atoms with Crippen molar-refractivity contribution in [1.29, 1.82) is 0 Å². The van der Waals surface area contributed by atoms with Gasteiger partial charge in [-0.1, -0.05) is 13.8 Å². The molecular formula is C16H23F3N4O. The minimum absolute atomic E-state index is 0.00512. The number of carbonyl (C=O) groups excluding carboxylic acids is 1. The maximum Gasteiger partial charge on any atom is 0.393 e. The van der Waals surface area contributed by atoms with Crippen LogP contribution in [0.4, 0.5) is 13.2 Å². The fourth-order valence-corrected chi connectivity index (χ4v) is 3.52. The first kappa shape index (κ1) is 17.2. The van der Waals surface area contributed by atoms with Crippen LogP contribution in [0.3, 0.4) is 0 Å². The van der Waals surface area contributed by atoms with Crippen LogP contribution in [0, 0.1) is 17.3 Å². The van der Waals surface area contributed by atoms with Crippen LogP contribution < -0.4 is 0 Å². The lowest BCUT2D eigenvalue weighted by Gasteiger charge is -2.30. The number of aryl methyl sites for hydroxylation is 1. The summed E-state index contributed by atoms with van der Waals surface area (Å²) in [5.41, 5.74) is -0.437. The number of aromatic nitrogens is 3. The van der Waals surface area contributed by atoms with Crippen LogP contribution in [0.15, 0.2) is 0 Å². The molecule has 0 radical (unpaired) electrons. The zero-order chi connectivity index (χ0) is 17.7. The topological polar surface area (TPSA) is 51.0 Å². The van der Waals surface area contributed by atoms with Gasteiger partial charge in [0.05, 0.1) is 12.5 Å². The molecule has 1 aliphatic heterocycles. The SMILES string of the molecule is CN(Cc1nnc2n1CC(C(F)(F)F)CC2)C(=O)C(C)(C)C1CC1. The average molecular weight is 344 g/mol. The van der Waals surface area contributed by atoms with Crippen LogP contribution in [0.1, 0.15) is 44.8 Å². The van der Waals surface area contributed by atoms with Crippen molar-refractivity contribution >= 4 is 5.91 Å². The van der Waals surface area contributed by atoms with Gasteiger partial charge in [0.2, 0.25) is 5.91 Å². The quantitative estimate of drug-likeness (QED) is 0.844. The van der Waals surface area contributed by atoms with Crippen LogP contribution in [-0.4, -0.2) is 38.8 Å². The third-order valence-electron chi connectivity index (χ3n) is 5.36. The molecule has 1 aromatic heterocycles. The maximum atomic E-state index is 13.0. The molecule has 1 aromatic rings. The van der Waals surface area contributed by atoms with E-state index in [-0.39, 0.29) is 31.8 Å². The number of amides is 1. The van der Waals surface area contributed by atoms with Crippen molar-refractivity contribution < 1.29 is 18.0 Å². The Morgan fingerprint density at radius 3 is 2.46 bits per heavy atom. The van der Waals surface area contributed by atoms with E-state index in [1.54, 1.807) is 11.9 Å². The van der Waals surface area contributed by atoms with Gasteiger partial charge in [-0.05, 0) is 25.2 Å². The molecule has 3 rings (SSSR count). The summed E-state index contributed by atoms with van der Waals surface area (Å²) < 4.78 is 40.5. The van der Waals surface area contributed by atoms with Gasteiger partial charge in [0.1, 0.15) is 5.82 Å². The molecule has 0 bridgehead atoms. The van der Waals surface area contributed by atoms with Crippen molar-refractivity contribution in [2.75, 3.05) is 7.05 Å². The Morgan fingerprint density at radius 2 is 1.88 bits per heavy atom. The van der Waals surface area contributed by atoms with Crippen molar-refractivity contribution in [3.8, 4) is 0 Å². The lowest BCUT2D eigenvalue weighted by atomic mass is 9.86. The van der Waals surface area contributed by atoms with E-state index in [0.717, 1.165) is 12.8 Å². The summed E-state index contributed by atoms with van der Waals surface area (Å²) >= 11 is 0. The molecule has 8 heteroatoms. The Labute approximate surface area is 139 Å². The highest BCUT2D eigenvalue weighted by Gasteiger charge is 2.45. The van der Waals surface area contributed by atoms with Crippen LogP contribution >= 0.6 is 0 Å². The molecule has 0 N–H and O–H groups in total. The molecule has 0 aromatic carbocycles. The molecule has 5 nitrogen and oxygen atoms in total. The highest BCUT2D eigenvalue weighted by molar-refractivity contribution is 5.82. The molecule has 1 fully saturated rings. The van der Waals surface area contributed by atoms with Crippen LogP contribution in [0.25, 0.3) is 0 Å². The minimum atomic E-state index is -4.21. The average Bonchev–Trinajstić information content (AvgIpc) is 3.29.